The van der Waals surface area contributed by atoms with Crippen LogP contribution in [-0.4, -0.2) is 50.0 Å². The van der Waals surface area contributed by atoms with Gasteiger partial charge in [-0.3, -0.25) is 9.59 Å². The Morgan fingerprint density at radius 2 is 1.60 bits per heavy atom. The number of anilines is 2. The summed E-state index contributed by atoms with van der Waals surface area (Å²) in [6, 6.07) is 15.2. The number of hydrogen-bond donors (Lipinski definition) is 1. The minimum Gasteiger partial charge on any atom is -0.497 e. The second kappa shape index (κ2) is 10.1. The molecule has 30 heavy (non-hydrogen) atoms. The van der Waals surface area contributed by atoms with Crippen LogP contribution in [0.25, 0.3) is 0 Å². The summed E-state index contributed by atoms with van der Waals surface area (Å²) in [5.41, 5.74) is 2.61. The van der Waals surface area contributed by atoms with Crippen molar-refractivity contribution in [2.45, 2.75) is 26.7 Å². The Labute approximate surface area is 178 Å². The van der Waals surface area contributed by atoms with Gasteiger partial charge in [0.05, 0.1) is 7.11 Å². The number of amides is 2. The van der Waals surface area contributed by atoms with Crippen LogP contribution in [0.3, 0.4) is 0 Å². The first-order valence-corrected chi connectivity index (χ1v) is 10.5. The lowest BCUT2D eigenvalue weighted by molar-refractivity contribution is -0.116. The Kier molecular flexibility index (Phi) is 7.33. The molecule has 160 valence electrons. The van der Waals surface area contributed by atoms with E-state index in [1.54, 1.807) is 7.11 Å². The van der Waals surface area contributed by atoms with Crippen LogP contribution < -0.4 is 15.0 Å². The zero-order valence-electron chi connectivity index (χ0n) is 18.1. The van der Waals surface area contributed by atoms with Gasteiger partial charge in [0.25, 0.3) is 5.91 Å². The average Bonchev–Trinajstić information content (AvgIpc) is 2.78. The molecule has 6 heteroatoms. The highest BCUT2D eigenvalue weighted by Gasteiger charge is 2.22. The fourth-order valence-corrected chi connectivity index (χ4v) is 3.48. The second-order valence-electron chi connectivity index (χ2n) is 8.04. The Balaban J connectivity index is 1.50. The molecule has 2 aromatic rings. The van der Waals surface area contributed by atoms with Gasteiger partial charge in [-0.2, -0.15) is 0 Å². The third-order valence-corrected chi connectivity index (χ3v) is 5.37. The Bertz CT molecular complexity index is 839. The molecule has 0 aromatic heterocycles. The summed E-state index contributed by atoms with van der Waals surface area (Å²) in [5.74, 6) is 1.38. The van der Waals surface area contributed by atoms with Crippen molar-refractivity contribution in [3.05, 3.63) is 54.1 Å². The summed E-state index contributed by atoms with van der Waals surface area (Å²) in [6.45, 7) is 7.15. The molecule has 1 N–H and O–H groups in total. The predicted molar refractivity (Wildman–Crippen MR) is 120 cm³/mol. The smallest absolute Gasteiger partial charge is 0.253 e. The molecule has 2 aromatic carbocycles. The second-order valence-corrected chi connectivity index (χ2v) is 8.04. The van der Waals surface area contributed by atoms with E-state index in [-0.39, 0.29) is 11.8 Å². The van der Waals surface area contributed by atoms with Gasteiger partial charge in [-0.05, 0) is 60.9 Å². The van der Waals surface area contributed by atoms with E-state index in [0.29, 0.717) is 31.0 Å². The van der Waals surface area contributed by atoms with Gasteiger partial charge in [-0.15, -0.1) is 0 Å². The van der Waals surface area contributed by atoms with Crippen LogP contribution in [-0.2, 0) is 4.79 Å². The monoisotopic (exact) mass is 409 g/mol. The number of ether oxygens (including phenoxy) is 1. The molecule has 0 atom stereocenters. The van der Waals surface area contributed by atoms with E-state index in [1.165, 1.54) is 0 Å². The van der Waals surface area contributed by atoms with Crippen LogP contribution in [0.5, 0.6) is 5.75 Å². The molecular weight excluding hydrogens is 378 g/mol. The number of rotatable bonds is 7. The highest BCUT2D eigenvalue weighted by Crippen LogP contribution is 2.21. The molecule has 0 bridgehead atoms. The number of nitrogens with one attached hydrogen (secondary N) is 1. The van der Waals surface area contributed by atoms with Crippen LogP contribution in [0, 0.1) is 5.92 Å². The standard InChI is InChI=1S/C24H31N3O3/c1-18(2)4-13-23(28)25-20-7-9-21(10-8-20)26-14-16-27(17-15-26)24(29)19-5-11-22(30-3)12-6-19/h5-12,18H,4,13-17H2,1-3H3,(H,25,28). The number of hydrogen-bond acceptors (Lipinski definition) is 4. The predicted octanol–water partition coefficient (Wildman–Crippen LogP) is 4.03. The lowest BCUT2D eigenvalue weighted by Crippen LogP contribution is -2.48. The fourth-order valence-electron chi connectivity index (χ4n) is 3.48. The van der Waals surface area contributed by atoms with Crippen molar-refractivity contribution in [3.63, 3.8) is 0 Å². The van der Waals surface area contributed by atoms with Crippen molar-refractivity contribution in [2.75, 3.05) is 43.5 Å². The van der Waals surface area contributed by atoms with Crippen LogP contribution in [0.2, 0.25) is 0 Å². The number of carbonyl (C=O) groups excluding carboxylic acids is 2. The van der Waals surface area contributed by atoms with Crippen LogP contribution in [0.1, 0.15) is 37.0 Å². The summed E-state index contributed by atoms with van der Waals surface area (Å²) in [7, 11) is 1.61. The Morgan fingerprint density at radius 3 is 2.17 bits per heavy atom. The topological polar surface area (TPSA) is 61.9 Å². The van der Waals surface area contributed by atoms with E-state index in [0.717, 1.165) is 36.6 Å². The molecular formula is C24H31N3O3. The highest BCUT2D eigenvalue weighted by atomic mass is 16.5. The van der Waals surface area contributed by atoms with Crippen LogP contribution >= 0.6 is 0 Å². The van der Waals surface area contributed by atoms with E-state index in [9.17, 15) is 9.59 Å². The summed E-state index contributed by atoms with van der Waals surface area (Å²) in [6.07, 6.45) is 1.44. The molecule has 1 heterocycles. The maximum absolute atomic E-state index is 12.7. The SMILES string of the molecule is COc1ccc(C(=O)N2CCN(c3ccc(NC(=O)CCC(C)C)cc3)CC2)cc1. The van der Waals surface area contributed by atoms with Gasteiger partial charge >= 0.3 is 0 Å². The van der Waals surface area contributed by atoms with Crippen molar-refractivity contribution < 1.29 is 14.3 Å². The van der Waals surface area contributed by atoms with Crippen molar-refractivity contribution in [1.82, 2.24) is 4.90 Å². The molecule has 1 aliphatic heterocycles. The van der Waals surface area contributed by atoms with E-state index in [4.69, 9.17) is 4.74 Å². The number of piperazine rings is 1. The molecule has 1 saturated heterocycles. The van der Waals surface area contributed by atoms with Gasteiger partial charge in [0.2, 0.25) is 5.91 Å². The minimum absolute atomic E-state index is 0.0526. The van der Waals surface area contributed by atoms with E-state index >= 15 is 0 Å². The Morgan fingerprint density at radius 1 is 0.967 bits per heavy atom. The van der Waals surface area contributed by atoms with Gasteiger partial charge < -0.3 is 19.9 Å². The van der Waals surface area contributed by atoms with Gasteiger partial charge in [0.15, 0.2) is 0 Å². The quantitative estimate of drug-likeness (QED) is 0.750. The maximum Gasteiger partial charge on any atom is 0.253 e. The molecule has 1 aliphatic rings. The van der Waals surface area contributed by atoms with Crippen LogP contribution in [0.15, 0.2) is 48.5 Å². The average molecular weight is 410 g/mol. The Hall–Kier alpha value is -3.02. The molecule has 0 aliphatic carbocycles. The summed E-state index contributed by atoms with van der Waals surface area (Å²) in [5, 5.41) is 2.96. The minimum atomic E-state index is 0.0526. The molecule has 0 radical (unpaired) electrons. The van der Waals surface area contributed by atoms with E-state index < -0.39 is 0 Å². The largest absolute Gasteiger partial charge is 0.497 e. The molecule has 0 spiro atoms. The first kappa shape index (κ1) is 21.7. The van der Waals surface area contributed by atoms with E-state index in [2.05, 4.69) is 24.1 Å². The van der Waals surface area contributed by atoms with Gasteiger partial charge in [0, 0.05) is 49.5 Å². The number of benzene rings is 2. The summed E-state index contributed by atoms with van der Waals surface area (Å²) >= 11 is 0. The fraction of sp³-hybridized carbons (Fsp3) is 0.417. The molecule has 1 fully saturated rings. The zero-order valence-corrected chi connectivity index (χ0v) is 18.1. The first-order valence-electron chi connectivity index (χ1n) is 10.5. The molecule has 3 rings (SSSR count). The van der Waals surface area contributed by atoms with Gasteiger partial charge in [-0.1, -0.05) is 13.8 Å². The zero-order chi connectivity index (χ0) is 21.5. The van der Waals surface area contributed by atoms with Gasteiger partial charge in [-0.25, -0.2) is 0 Å². The normalized spacial score (nSPS) is 14.0. The first-order chi connectivity index (χ1) is 14.5. The van der Waals surface area contributed by atoms with Crippen LogP contribution in [0.4, 0.5) is 11.4 Å². The molecule has 6 nitrogen and oxygen atoms in total. The summed E-state index contributed by atoms with van der Waals surface area (Å²) < 4.78 is 5.15. The van der Waals surface area contributed by atoms with E-state index in [1.807, 2.05) is 53.4 Å². The highest BCUT2D eigenvalue weighted by molar-refractivity contribution is 5.94. The molecule has 2 amide bonds. The van der Waals surface area contributed by atoms with Crippen molar-refractivity contribution in [3.8, 4) is 5.75 Å². The van der Waals surface area contributed by atoms with Crippen molar-refractivity contribution in [1.29, 1.82) is 0 Å². The van der Waals surface area contributed by atoms with Crippen molar-refractivity contribution >= 4 is 23.2 Å². The lowest BCUT2D eigenvalue weighted by atomic mass is 10.1. The van der Waals surface area contributed by atoms with Gasteiger partial charge in [0.1, 0.15) is 5.75 Å². The molecule has 0 unspecified atom stereocenters. The number of nitrogens with zero attached hydrogens (tertiary/aromatic N) is 2. The maximum atomic E-state index is 12.7. The number of methoxy groups -OCH3 is 1. The third kappa shape index (κ3) is 5.75. The summed E-state index contributed by atoms with van der Waals surface area (Å²) in [4.78, 5) is 28.9. The van der Waals surface area contributed by atoms with Crippen molar-refractivity contribution in [2.24, 2.45) is 5.92 Å². The lowest BCUT2D eigenvalue weighted by Gasteiger charge is -2.36. The third-order valence-electron chi connectivity index (χ3n) is 5.37. The molecule has 0 saturated carbocycles. The number of carbonyl (C=O) groups is 2.